The number of nitrogens with zero attached hydrogens (tertiary/aromatic N) is 2. The second-order valence-electron chi connectivity index (χ2n) is 10.5. The summed E-state index contributed by atoms with van der Waals surface area (Å²) in [4.78, 5) is 29.7. The number of carbonyl (C=O) groups excluding carboxylic acids is 2. The minimum Gasteiger partial charge on any atom is -0.497 e. The molecule has 0 aliphatic carbocycles. The molecule has 230 valence electrons. The molecule has 8 nitrogen and oxygen atoms in total. The number of nitrogens with one attached hydrogen (secondary N) is 1. The fourth-order valence-corrected chi connectivity index (χ4v) is 6.35. The van der Waals surface area contributed by atoms with Gasteiger partial charge in [0.15, 0.2) is 0 Å². The number of benzene rings is 4. The highest BCUT2D eigenvalue weighted by Gasteiger charge is 2.34. The van der Waals surface area contributed by atoms with Gasteiger partial charge in [0, 0.05) is 19.5 Å². The van der Waals surface area contributed by atoms with Crippen LogP contribution in [0.5, 0.6) is 5.75 Å². The molecular formula is C35H39N3O5S. The average molecular weight is 614 g/mol. The van der Waals surface area contributed by atoms with Crippen LogP contribution in [0.25, 0.3) is 0 Å². The first kappa shape index (κ1) is 32.3. The molecule has 4 aromatic carbocycles. The zero-order chi connectivity index (χ0) is 31.5. The highest BCUT2D eigenvalue weighted by molar-refractivity contribution is 7.92. The Kier molecular flexibility index (Phi) is 11.2. The lowest BCUT2D eigenvalue weighted by Gasteiger charge is -2.34. The van der Waals surface area contributed by atoms with E-state index in [0.29, 0.717) is 18.0 Å². The molecule has 4 aromatic rings. The molecule has 0 bridgehead atoms. The number of hydrogen-bond acceptors (Lipinski definition) is 5. The van der Waals surface area contributed by atoms with Gasteiger partial charge >= 0.3 is 0 Å². The van der Waals surface area contributed by atoms with E-state index in [1.54, 1.807) is 49.6 Å². The molecule has 0 spiro atoms. The topological polar surface area (TPSA) is 96.0 Å². The molecule has 0 fully saturated rings. The van der Waals surface area contributed by atoms with Crippen molar-refractivity contribution in [2.45, 2.75) is 44.2 Å². The van der Waals surface area contributed by atoms with Gasteiger partial charge in [0.05, 0.1) is 17.7 Å². The Morgan fingerprint density at radius 1 is 0.841 bits per heavy atom. The Balaban J connectivity index is 1.80. The van der Waals surface area contributed by atoms with Crippen LogP contribution in [0.1, 0.15) is 30.0 Å². The summed E-state index contributed by atoms with van der Waals surface area (Å²) in [5.74, 6) is -0.209. The van der Waals surface area contributed by atoms with Crippen LogP contribution in [0.3, 0.4) is 0 Å². The number of amides is 2. The van der Waals surface area contributed by atoms with Crippen LogP contribution in [0, 0.1) is 6.92 Å². The van der Waals surface area contributed by atoms with Gasteiger partial charge < -0.3 is 15.0 Å². The zero-order valence-corrected chi connectivity index (χ0v) is 26.2. The molecular weight excluding hydrogens is 574 g/mol. The first-order valence-corrected chi connectivity index (χ1v) is 16.1. The highest BCUT2D eigenvalue weighted by Crippen LogP contribution is 2.26. The summed E-state index contributed by atoms with van der Waals surface area (Å²) < 4.78 is 34.6. The summed E-state index contributed by atoms with van der Waals surface area (Å²) in [6.45, 7) is 3.84. The van der Waals surface area contributed by atoms with E-state index < -0.39 is 28.5 Å². The fourth-order valence-electron chi connectivity index (χ4n) is 4.92. The Bertz CT molecular complexity index is 1650. The molecule has 9 heteroatoms. The Hall–Kier alpha value is -4.63. The lowest BCUT2D eigenvalue weighted by Crippen LogP contribution is -2.53. The van der Waals surface area contributed by atoms with Crippen LogP contribution >= 0.6 is 0 Å². The largest absolute Gasteiger partial charge is 0.497 e. The van der Waals surface area contributed by atoms with E-state index in [0.717, 1.165) is 27.4 Å². The molecule has 0 saturated carbocycles. The molecule has 4 rings (SSSR count). The van der Waals surface area contributed by atoms with Crippen LogP contribution in [-0.2, 0) is 32.6 Å². The van der Waals surface area contributed by atoms with Gasteiger partial charge in [0.25, 0.3) is 10.0 Å². The number of hydrogen-bond donors (Lipinski definition) is 1. The smallest absolute Gasteiger partial charge is 0.264 e. The SMILES string of the molecule is CCCNC(=O)[C@@H](Cc1ccccc1)N(Cc1cccc(OC)c1)C(=O)CN(c1cccc(C)c1)S(=O)(=O)c1ccccc1. The molecule has 0 aromatic heterocycles. The first-order valence-electron chi connectivity index (χ1n) is 14.6. The van der Waals surface area contributed by atoms with Gasteiger partial charge in [-0.2, -0.15) is 0 Å². The van der Waals surface area contributed by atoms with Gasteiger partial charge in [0.1, 0.15) is 18.3 Å². The number of methoxy groups -OCH3 is 1. The number of ether oxygens (including phenoxy) is 1. The van der Waals surface area contributed by atoms with Gasteiger partial charge in [-0.25, -0.2) is 8.42 Å². The number of sulfonamides is 1. The van der Waals surface area contributed by atoms with E-state index in [1.165, 1.54) is 17.0 Å². The molecule has 0 unspecified atom stereocenters. The third-order valence-corrected chi connectivity index (χ3v) is 9.00. The predicted octanol–water partition coefficient (Wildman–Crippen LogP) is 5.37. The minimum absolute atomic E-state index is 0.0650. The summed E-state index contributed by atoms with van der Waals surface area (Å²) >= 11 is 0. The Morgan fingerprint density at radius 3 is 2.16 bits per heavy atom. The van der Waals surface area contributed by atoms with Crippen molar-refractivity contribution in [1.82, 2.24) is 10.2 Å². The monoisotopic (exact) mass is 613 g/mol. The van der Waals surface area contributed by atoms with Crippen molar-refractivity contribution in [3.05, 3.63) is 126 Å². The van der Waals surface area contributed by atoms with Crippen molar-refractivity contribution in [3.8, 4) is 5.75 Å². The number of rotatable bonds is 14. The normalized spacial score (nSPS) is 11.8. The van der Waals surface area contributed by atoms with Crippen molar-refractivity contribution in [2.75, 3.05) is 24.5 Å². The average Bonchev–Trinajstić information content (AvgIpc) is 3.04. The summed E-state index contributed by atoms with van der Waals surface area (Å²) in [7, 11) is -2.57. The van der Waals surface area contributed by atoms with Crippen LogP contribution in [-0.4, -0.2) is 51.4 Å². The van der Waals surface area contributed by atoms with E-state index in [-0.39, 0.29) is 23.8 Å². The summed E-state index contributed by atoms with van der Waals surface area (Å²) in [6, 6.07) is 30.9. The fraction of sp³-hybridized carbons (Fsp3) is 0.257. The lowest BCUT2D eigenvalue weighted by atomic mass is 10.0. The summed E-state index contributed by atoms with van der Waals surface area (Å²) in [5, 5.41) is 2.96. The van der Waals surface area contributed by atoms with Gasteiger partial charge in [-0.1, -0.05) is 79.7 Å². The predicted molar refractivity (Wildman–Crippen MR) is 173 cm³/mol. The van der Waals surface area contributed by atoms with Crippen LogP contribution < -0.4 is 14.4 Å². The standard InChI is InChI=1S/C35H39N3O5S/c1-4-21-36-35(40)33(24-28-14-7-5-8-15-28)37(25-29-16-12-18-31(23-29)43-3)34(39)26-38(30-17-11-13-27(2)22-30)44(41,42)32-19-9-6-10-20-32/h5-20,22-23,33H,4,21,24-26H2,1-3H3,(H,36,40)/t33-/m1/s1. The summed E-state index contributed by atoms with van der Waals surface area (Å²) in [5.41, 5.74) is 2.82. The van der Waals surface area contributed by atoms with Crippen LogP contribution in [0.2, 0.25) is 0 Å². The van der Waals surface area contributed by atoms with Crippen molar-refractivity contribution in [2.24, 2.45) is 0 Å². The van der Waals surface area contributed by atoms with E-state index in [1.807, 2.05) is 68.4 Å². The van der Waals surface area contributed by atoms with Crippen molar-refractivity contribution in [1.29, 1.82) is 0 Å². The van der Waals surface area contributed by atoms with Crippen molar-refractivity contribution >= 4 is 27.5 Å². The van der Waals surface area contributed by atoms with E-state index in [2.05, 4.69) is 5.32 Å². The lowest BCUT2D eigenvalue weighted by molar-refractivity contribution is -0.140. The number of anilines is 1. The highest BCUT2D eigenvalue weighted by atomic mass is 32.2. The molecule has 1 atom stereocenters. The van der Waals surface area contributed by atoms with Crippen LogP contribution in [0.15, 0.2) is 114 Å². The third kappa shape index (κ3) is 8.26. The number of carbonyl (C=O) groups is 2. The molecule has 44 heavy (non-hydrogen) atoms. The first-order chi connectivity index (χ1) is 21.2. The molecule has 0 radical (unpaired) electrons. The van der Waals surface area contributed by atoms with Gasteiger partial charge in [-0.05, 0) is 66.4 Å². The maximum Gasteiger partial charge on any atom is 0.264 e. The van der Waals surface area contributed by atoms with Gasteiger partial charge in [-0.3, -0.25) is 13.9 Å². The summed E-state index contributed by atoms with van der Waals surface area (Å²) in [6.07, 6.45) is 0.978. The van der Waals surface area contributed by atoms with Crippen molar-refractivity contribution in [3.63, 3.8) is 0 Å². The second-order valence-corrected chi connectivity index (χ2v) is 12.4. The quantitative estimate of drug-likeness (QED) is 0.207. The molecule has 0 saturated heterocycles. The molecule has 0 heterocycles. The third-order valence-electron chi connectivity index (χ3n) is 7.21. The Morgan fingerprint density at radius 2 is 1.50 bits per heavy atom. The van der Waals surface area contributed by atoms with E-state index >= 15 is 0 Å². The number of aryl methyl sites for hydroxylation is 1. The van der Waals surface area contributed by atoms with Crippen LogP contribution in [0.4, 0.5) is 5.69 Å². The van der Waals surface area contributed by atoms with E-state index in [9.17, 15) is 18.0 Å². The molecule has 0 aliphatic heterocycles. The van der Waals surface area contributed by atoms with Crippen molar-refractivity contribution < 1.29 is 22.7 Å². The van der Waals surface area contributed by atoms with Gasteiger partial charge in [0.2, 0.25) is 11.8 Å². The maximum atomic E-state index is 14.5. The van der Waals surface area contributed by atoms with E-state index in [4.69, 9.17) is 4.74 Å². The molecule has 2 amide bonds. The molecule has 0 aliphatic rings. The molecule has 1 N–H and O–H groups in total. The van der Waals surface area contributed by atoms with Gasteiger partial charge in [-0.15, -0.1) is 0 Å². The maximum absolute atomic E-state index is 14.5. The minimum atomic E-state index is -4.14. The Labute approximate surface area is 260 Å². The second kappa shape index (κ2) is 15.2. The zero-order valence-electron chi connectivity index (χ0n) is 25.3.